The highest BCUT2D eigenvalue weighted by Gasteiger charge is 2.29. The molecule has 1 saturated heterocycles. The van der Waals surface area contributed by atoms with Crippen molar-refractivity contribution in [3.8, 4) is 0 Å². The Labute approximate surface area is 145 Å². The highest BCUT2D eigenvalue weighted by Crippen LogP contribution is 2.20. The molecule has 1 fully saturated rings. The Morgan fingerprint density at radius 1 is 1.20 bits per heavy atom. The number of piperidine rings is 1. The summed E-state index contributed by atoms with van der Waals surface area (Å²) < 4.78 is 13.9. The Hall–Kier alpha value is -2.76. The molecule has 130 valence electrons. The summed E-state index contributed by atoms with van der Waals surface area (Å²) in [6, 6.07) is 10.2. The summed E-state index contributed by atoms with van der Waals surface area (Å²) in [5, 5.41) is 2.88. The maximum atomic E-state index is 13.9. The first-order valence-corrected chi connectivity index (χ1v) is 8.40. The fraction of sp³-hybridized carbons (Fsp3) is 0.316. The van der Waals surface area contributed by atoms with Gasteiger partial charge >= 0.3 is 0 Å². The third kappa shape index (κ3) is 4.02. The van der Waals surface area contributed by atoms with Crippen molar-refractivity contribution in [2.75, 3.05) is 13.1 Å². The van der Waals surface area contributed by atoms with Gasteiger partial charge in [0.25, 0.3) is 11.8 Å². The molecule has 0 spiro atoms. The van der Waals surface area contributed by atoms with Gasteiger partial charge < -0.3 is 10.2 Å². The lowest BCUT2D eigenvalue weighted by molar-refractivity contribution is 0.0597. The number of carbonyl (C=O) groups is 2. The van der Waals surface area contributed by atoms with Crippen molar-refractivity contribution in [1.82, 2.24) is 15.2 Å². The van der Waals surface area contributed by atoms with Crippen molar-refractivity contribution in [2.45, 2.75) is 25.3 Å². The number of benzene rings is 1. The number of nitrogens with one attached hydrogen (secondary N) is 1. The normalized spacial score (nSPS) is 17.2. The second kappa shape index (κ2) is 7.88. The summed E-state index contributed by atoms with van der Waals surface area (Å²) in [4.78, 5) is 30.2. The maximum Gasteiger partial charge on any atom is 0.257 e. The van der Waals surface area contributed by atoms with Crippen LogP contribution >= 0.6 is 0 Å². The molecule has 2 amide bonds. The third-order valence-corrected chi connectivity index (χ3v) is 4.43. The molecule has 1 aromatic heterocycles. The van der Waals surface area contributed by atoms with Gasteiger partial charge in [0.05, 0.1) is 11.8 Å². The number of hydrogen-bond acceptors (Lipinski definition) is 3. The Morgan fingerprint density at radius 3 is 2.76 bits per heavy atom. The van der Waals surface area contributed by atoms with Crippen LogP contribution < -0.4 is 5.32 Å². The number of hydrogen-bond donors (Lipinski definition) is 1. The number of aromatic nitrogens is 1. The van der Waals surface area contributed by atoms with Crippen LogP contribution in [-0.4, -0.2) is 40.8 Å². The van der Waals surface area contributed by atoms with Crippen molar-refractivity contribution < 1.29 is 14.0 Å². The minimum absolute atomic E-state index is 0.0243. The van der Waals surface area contributed by atoms with Crippen molar-refractivity contribution in [3.63, 3.8) is 0 Å². The van der Waals surface area contributed by atoms with E-state index < -0.39 is 5.82 Å². The Morgan fingerprint density at radius 2 is 2.00 bits per heavy atom. The van der Waals surface area contributed by atoms with Crippen LogP contribution in [0.25, 0.3) is 0 Å². The lowest BCUT2D eigenvalue weighted by atomic mass is 10.0. The van der Waals surface area contributed by atoms with Gasteiger partial charge in [-0.25, -0.2) is 4.39 Å². The summed E-state index contributed by atoms with van der Waals surface area (Å²) in [7, 11) is 0. The molecule has 0 saturated carbocycles. The van der Waals surface area contributed by atoms with Crippen LogP contribution in [0.15, 0.2) is 48.8 Å². The molecule has 0 bridgehead atoms. The minimum atomic E-state index is -0.620. The van der Waals surface area contributed by atoms with E-state index in [1.165, 1.54) is 12.3 Å². The van der Waals surface area contributed by atoms with E-state index in [1.807, 2.05) is 6.07 Å². The van der Waals surface area contributed by atoms with E-state index in [-0.39, 0.29) is 23.4 Å². The first-order valence-electron chi connectivity index (χ1n) is 8.40. The molecule has 1 N–H and O–H groups in total. The van der Waals surface area contributed by atoms with Crippen LogP contribution in [0.3, 0.4) is 0 Å². The topological polar surface area (TPSA) is 62.3 Å². The van der Waals surface area contributed by atoms with Gasteiger partial charge in [0.2, 0.25) is 0 Å². The van der Waals surface area contributed by atoms with Crippen LogP contribution in [-0.2, 0) is 0 Å². The summed E-state index contributed by atoms with van der Waals surface area (Å²) >= 11 is 0. The van der Waals surface area contributed by atoms with E-state index in [9.17, 15) is 14.0 Å². The van der Waals surface area contributed by atoms with E-state index in [1.54, 1.807) is 29.2 Å². The van der Waals surface area contributed by atoms with Gasteiger partial charge in [-0.15, -0.1) is 0 Å². The number of carbonyl (C=O) groups excluding carboxylic acids is 2. The molecule has 3 rings (SSSR count). The number of likely N-dealkylation sites (tertiary alicyclic amines) is 1. The number of nitrogens with zero attached hydrogens (tertiary/aromatic N) is 2. The average molecular weight is 341 g/mol. The minimum Gasteiger partial charge on any atom is -0.350 e. The van der Waals surface area contributed by atoms with E-state index in [2.05, 4.69) is 10.3 Å². The van der Waals surface area contributed by atoms with Crippen LogP contribution in [0.1, 0.15) is 40.0 Å². The largest absolute Gasteiger partial charge is 0.350 e. The lowest BCUT2D eigenvalue weighted by Crippen LogP contribution is -2.49. The predicted octanol–water partition coefficient (Wildman–Crippen LogP) is 2.65. The van der Waals surface area contributed by atoms with Crippen LogP contribution in [0.4, 0.5) is 4.39 Å². The standard InChI is InChI=1S/C19H20FN3O2/c20-17-13-21-10-9-16(17)19(25)23-11-5-4-8-15(23)12-22-18(24)14-6-2-1-3-7-14/h1-3,6-7,9-10,13,15H,4-5,8,11-12H2,(H,22,24). The van der Waals surface area contributed by atoms with Gasteiger partial charge in [0.1, 0.15) is 0 Å². The molecule has 1 unspecified atom stereocenters. The zero-order valence-corrected chi connectivity index (χ0v) is 13.8. The predicted molar refractivity (Wildman–Crippen MR) is 91.6 cm³/mol. The molecule has 0 radical (unpaired) electrons. The zero-order valence-electron chi connectivity index (χ0n) is 13.8. The third-order valence-electron chi connectivity index (χ3n) is 4.43. The van der Waals surface area contributed by atoms with Gasteiger partial charge in [0, 0.05) is 30.9 Å². The second-order valence-electron chi connectivity index (χ2n) is 6.08. The summed E-state index contributed by atoms with van der Waals surface area (Å²) in [5.74, 6) is -1.14. The van der Waals surface area contributed by atoms with Crippen LogP contribution in [0, 0.1) is 5.82 Å². The zero-order chi connectivity index (χ0) is 17.6. The molecule has 0 aliphatic carbocycles. The fourth-order valence-electron chi connectivity index (χ4n) is 3.09. The molecule has 5 nitrogen and oxygen atoms in total. The Balaban J connectivity index is 1.68. The van der Waals surface area contributed by atoms with Crippen LogP contribution in [0.5, 0.6) is 0 Å². The monoisotopic (exact) mass is 341 g/mol. The summed E-state index contributed by atoms with van der Waals surface area (Å²) in [6.07, 6.45) is 5.10. The Bertz CT molecular complexity index is 751. The SMILES string of the molecule is O=C(NCC1CCCCN1C(=O)c1ccncc1F)c1ccccc1. The molecule has 1 aromatic carbocycles. The van der Waals surface area contributed by atoms with E-state index in [4.69, 9.17) is 0 Å². The quantitative estimate of drug-likeness (QED) is 0.930. The van der Waals surface area contributed by atoms with Crippen LogP contribution in [0.2, 0.25) is 0 Å². The van der Waals surface area contributed by atoms with Gasteiger partial charge in [-0.2, -0.15) is 0 Å². The van der Waals surface area contributed by atoms with Crippen molar-refractivity contribution in [1.29, 1.82) is 0 Å². The van der Waals surface area contributed by atoms with E-state index in [0.717, 1.165) is 25.5 Å². The Kier molecular flexibility index (Phi) is 5.38. The first-order chi connectivity index (χ1) is 12.2. The molecule has 1 aliphatic rings. The van der Waals surface area contributed by atoms with Crippen molar-refractivity contribution in [2.24, 2.45) is 0 Å². The fourth-order valence-corrected chi connectivity index (χ4v) is 3.09. The number of amides is 2. The lowest BCUT2D eigenvalue weighted by Gasteiger charge is -2.36. The summed E-state index contributed by atoms with van der Waals surface area (Å²) in [6.45, 7) is 0.915. The molecule has 2 heterocycles. The van der Waals surface area contributed by atoms with Gasteiger partial charge in [-0.1, -0.05) is 18.2 Å². The molecule has 1 aliphatic heterocycles. The van der Waals surface area contributed by atoms with E-state index >= 15 is 0 Å². The number of pyridine rings is 1. The molecular weight excluding hydrogens is 321 g/mol. The first kappa shape index (κ1) is 17.1. The smallest absolute Gasteiger partial charge is 0.257 e. The number of rotatable bonds is 4. The van der Waals surface area contributed by atoms with Crippen molar-refractivity contribution >= 4 is 11.8 Å². The highest BCUT2D eigenvalue weighted by atomic mass is 19.1. The summed E-state index contributed by atoms with van der Waals surface area (Å²) in [5.41, 5.74) is 0.604. The maximum absolute atomic E-state index is 13.9. The highest BCUT2D eigenvalue weighted by molar-refractivity contribution is 5.95. The average Bonchev–Trinajstić information content (AvgIpc) is 2.67. The molecule has 1 atom stereocenters. The molecule has 2 aromatic rings. The second-order valence-corrected chi connectivity index (χ2v) is 6.08. The molecule has 25 heavy (non-hydrogen) atoms. The van der Waals surface area contributed by atoms with Gasteiger partial charge in [-0.3, -0.25) is 14.6 Å². The molecule has 6 heteroatoms. The van der Waals surface area contributed by atoms with Gasteiger partial charge in [-0.05, 0) is 37.5 Å². The van der Waals surface area contributed by atoms with E-state index in [0.29, 0.717) is 18.7 Å². The van der Waals surface area contributed by atoms with Crippen molar-refractivity contribution in [3.05, 3.63) is 65.7 Å². The van der Waals surface area contributed by atoms with Gasteiger partial charge in [0.15, 0.2) is 5.82 Å². The molecular formula is C19H20FN3O2. The number of halogens is 1.